The number of nitrogens with one attached hydrogen (secondary N) is 1. The summed E-state index contributed by atoms with van der Waals surface area (Å²) in [5.74, 6) is 0. The molecule has 0 amide bonds. The topological polar surface area (TPSA) is 76.0 Å². The Hall–Kier alpha value is -0.200. The molecule has 0 aromatic carbocycles. The van der Waals surface area contributed by atoms with Crippen LogP contribution in [0.5, 0.6) is 0 Å². The zero-order chi connectivity index (χ0) is 16.5. The van der Waals surface area contributed by atoms with Crippen molar-refractivity contribution in [3.05, 3.63) is 0 Å². The molecule has 23 heavy (non-hydrogen) atoms. The number of hydrogen-bond donors (Lipinski definition) is 4. The fourth-order valence-electron chi connectivity index (χ4n) is 4.01. The van der Waals surface area contributed by atoms with E-state index in [-0.39, 0.29) is 12.6 Å². The largest absolute Gasteiger partial charge is 0.395 e. The van der Waals surface area contributed by atoms with Crippen LogP contribution in [0.15, 0.2) is 0 Å². The summed E-state index contributed by atoms with van der Waals surface area (Å²) in [5.41, 5.74) is 0. The minimum Gasteiger partial charge on any atom is -0.395 e. The summed E-state index contributed by atoms with van der Waals surface area (Å²) in [6.07, 6.45) is 10.8. The lowest BCUT2D eigenvalue weighted by atomic mass is 9.95. The van der Waals surface area contributed by atoms with Crippen molar-refractivity contribution in [3.63, 3.8) is 0 Å². The Morgan fingerprint density at radius 3 is 2.39 bits per heavy atom. The SMILES string of the molecule is OCC1C(O)C(O)CCN1CCCCCCNC1CCCCC1. The maximum absolute atomic E-state index is 9.94. The molecule has 1 saturated carbocycles. The summed E-state index contributed by atoms with van der Waals surface area (Å²) in [4.78, 5) is 2.14. The van der Waals surface area contributed by atoms with Crippen molar-refractivity contribution >= 4 is 0 Å². The Labute approximate surface area is 141 Å². The molecular weight excluding hydrogens is 292 g/mol. The van der Waals surface area contributed by atoms with Crippen LogP contribution >= 0.6 is 0 Å². The van der Waals surface area contributed by atoms with Crippen LogP contribution < -0.4 is 5.32 Å². The highest BCUT2D eigenvalue weighted by Crippen LogP contribution is 2.19. The van der Waals surface area contributed by atoms with Gasteiger partial charge in [-0.15, -0.1) is 0 Å². The molecule has 0 bridgehead atoms. The van der Waals surface area contributed by atoms with Crippen molar-refractivity contribution in [1.29, 1.82) is 0 Å². The highest BCUT2D eigenvalue weighted by Gasteiger charge is 2.34. The van der Waals surface area contributed by atoms with Gasteiger partial charge in [0.1, 0.15) is 0 Å². The lowest BCUT2D eigenvalue weighted by molar-refractivity contribution is -0.0896. The van der Waals surface area contributed by atoms with Gasteiger partial charge in [-0.25, -0.2) is 0 Å². The number of likely N-dealkylation sites (tertiary alicyclic amines) is 1. The highest BCUT2D eigenvalue weighted by atomic mass is 16.3. The lowest BCUT2D eigenvalue weighted by Crippen LogP contribution is -2.56. The van der Waals surface area contributed by atoms with Crippen LogP contribution in [0.25, 0.3) is 0 Å². The number of hydrogen-bond acceptors (Lipinski definition) is 5. The van der Waals surface area contributed by atoms with Crippen molar-refractivity contribution in [3.8, 4) is 0 Å². The van der Waals surface area contributed by atoms with Crippen LogP contribution in [0.2, 0.25) is 0 Å². The first-order valence-corrected chi connectivity index (χ1v) is 9.67. The van der Waals surface area contributed by atoms with E-state index < -0.39 is 12.2 Å². The summed E-state index contributed by atoms with van der Waals surface area (Å²) in [6.45, 7) is 2.74. The first kappa shape index (κ1) is 19.1. The van der Waals surface area contributed by atoms with E-state index in [1.807, 2.05) is 0 Å². The van der Waals surface area contributed by atoms with E-state index in [0.29, 0.717) is 6.42 Å². The van der Waals surface area contributed by atoms with Crippen molar-refractivity contribution in [1.82, 2.24) is 10.2 Å². The Balaban J connectivity index is 1.49. The van der Waals surface area contributed by atoms with Gasteiger partial charge in [0.25, 0.3) is 0 Å². The number of aliphatic hydroxyl groups is 3. The predicted octanol–water partition coefficient (Wildman–Crippen LogP) is 1.26. The zero-order valence-electron chi connectivity index (χ0n) is 14.5. The third-order valence-electron chi connectivity index (χ3n) is 5.57. The molecule has 5 heteroatoms. The molecule has 0 aromatic heterocycles. The van der Waals surface area contributed by atoms with Gasteiger partial charge < -0.3 is 20.6 Å². The van der Waals surface area contributed by atoms with Crippen LogP contribution in [0.4, 0.5) is 0 Å². The summed E-state index contributed by atoms with van der Waals surface area (Å²) < 4.78 is 0. The number of unbranched alkanes of at least 4 members (excludes halogenated alkanes) is 3. The molecule has 1 saturated heterocycles. The van der Waals surface area contributed by atoms with Crippen LogP contribution in [0.3, 0.4) is 0 Å². The maximum atomic E-state index is 9.94. The first-order chi connectivity index (χ1) is 11.2. The number of rotatable bonds is 9. The third-order valence-corrected chi connectivity index (χ3v) is 5.57. The summed E-state index contributed by atoms with van der Waals surface area (Å²) in [7, 11) is 0. The molecule has 1 aliphatic carbocycles. The second-order valence-electron chi connectivity index (χ2n) is 7.34. The number of aliphatic hydroxyl groups excluding tert-OH is 3. The highest BCUT2D eigenvalue weighted by molar-refractivity contribution is 4.89. The fraction of sp³-hybridized carbons (Fsp3) is 1.00. The van der Waals surface area contributed by atoms with Crippen molar-refractivity contribution < 1.29 is 15.3 Å². The Morgan fingerprint density at radius 1 is 0.913 bits per heavy atom. The van der Waals surface area contributed by atoms with Crippen molar-refractivity contribution in [2.45, 2.75) is 88.5 Å². The lowest BCUT2D eigenvalue weighted by Gasteiger charge is -2.40. The minimum absolute atomic E-state index is 0.0798. The molecule has 0 radical (unpaired) electrons. The van der Waals surface area contributed by atoms with E-state index in [9.17, 15) is 15.3 Å². The van der Waals surface area contributed by atoms with Gasteiger partial charge >= 0.3 is 0 Å². The molecule has 5 nitrogen and oxygen atoms in total. The average Bonchev–Trinajstić information content (AvgIpc) is 2.58. The van der Waals surface area contributed by atoms with E-state index in [4.69, 9.17) is 0 Å². The number of nitrogens with zero attached hydrogens (tertiary/aromatic N) is 1. The molecule has 2 aliphatic rings. The monoisotopic (exact) mass is 328 g/mol. The Bertz CT molecular complexity index is 311. The van der Waals surface area contributed by atoms with Crippen LogP contribution in [-0.2, 0) is 0 Å². The summed E-state index contributed by atoms with van der Waals surface area (Å²) in [5, 5.41) is 32.7. The summed E-state index contributed by atoms with van der Waals surface area (Å²) >= 11 is 0. The van der Waals surface area contributed by atoms with Gasteiger partial charge in [-0.2, -0.15) is 0 Å². The van der Waals surface area contributed by atoms with Gasteiger partial charge in [-0.3, -0.25) is 4.90 Å². The van der Waals surface area contributed by atoms with E-state index in [1.54, 1.807) is 0 Å². The standard InChI is InChI=1S/C18H36N2O3/c21-14-16-18(23)17(22)10-13-20(16)12-7-2-1-6-11-19-15-8-4-3-5-9-15/h15-19,21-23H,1-14H2. The van der Waals surface area contributed by atoms with Gasteiger partial charge in [0.15, 0.2) is 0 Å². The number of piperidine rings is 1. The third kappa shape index (κ3) is 6.31. The quantitative estimate of drug-likeness (QED) is 0.480. The van der Waals surface area contributed by atoms with Gasteiger partial charge in [0, 0.05) is 12.6 Å². The van der Waals surface area contributed by atoms with Crippen molar-refractivity contribution in [2.75, 3.05) is 26.2 Å². The Kier molecular flexibility index (Phi) is 8.83. The molecule has 1 aliphatic heterocycles. The molecule has 3 atom stereocenters. The minimum atomic E-state index is -0.812. The smallest absolute Gasteiger partial charge is 0.0976 e. The fourth-order valence-corrected chi connectivity index (χ4v) is 4.01. The van der Waals surface area contributed by atoms with E-state index >= 15 is 0 Å². The van der Waals surface area contributed by atoms with Crippen LogP contribution in [0.1, 0.15) is 64.2 Å². The van der Waals surface area contributed by atoms with Gasteiger partial charge in [0.05, 0.1) is 24.9 Å². The zero-order valence-corrected chi connectivity index (χ0v) is 14.5. The average molecular weight is 328 g/mol. The molecule has 3 unspecified atom stereocenters. The predicted molar refractivity (Wildman–Crippen MR) is 92.4 cm³/mol. The molecular formula is C18H36N2O3. The van der Waals surface area contributed by atoms with Crippen molar-refractivity contribution in [2.24, 2.45) is 0 Å². The normalized spacial score (nSPS) is 30.7. The molecule has 2 rings (SSSR count). The van der Waals surface area contributed by atoms with E-state index in [1.165, 1.54) is 51.4 Å². The van der Waals surface area contributed by atoms with Gasteiger partial charge in [-0.05, 0) is 45.2 Å². The molecule has 0 aromatic rings. The van der Waals surface area contributed by atoms with Crippen LogP contribution in [-0.4, -0.2) is 70.8 Å². The van der Waals surface area contributed by atoms with E-state index in [2.05, 4.69) is 10.2 Å². The molecule has 1 heterocycles. The second kappa shape index (κ2) is 10.6. The summed E-state index contributed by atoms with van der Waals surface area (Å²) in [6, 6.07) is 0.460. The molecule has 136 valence electrons. The maximum Gasteiger partial charge on any atom is 0.0976 e. The molecule has 0 spiro atoms. The van der Waals surface area contributed by atoms with Gasteiger partial charge in [-0.1, -0.05) is 32.1 Å². The Morgan fingerprint density at radius 2 is 1.65 bits per heavy atom. The second-order valence-corrected chi connectivity index (χ2v) is 7.34. The van der Waals surface area contributed by atoms with Gasteiger partial charge in [0.2, 0.25) is 0 Å². The van der Waals surface area contributed by atoms with E-state index in [0.717, 1.165) is 32.1 Å². The first-order valence-electron chi connectivity index (χ1n) is 9.67. The molecule has 2 fully saturated rings. The molecule has 4 N–H and O–H groups in total. The van der Waals surface area contributed by atoms with Crippen LogP contribution in [0, 0.1) is 0 Å².